The van der Waals surface area contributed by atoms with Gasteiger partial charge in [-0.15, -0.1) is 11.3 Å². The Morgan fingerprint density at radius 3 is 2.70 bits per heavy atom. The van der Waals surface area contributed by atoms with E-state index in [1.807, 2.05) is 0 Å². The Bertz CT molecular complexity index is 672. The number of ether oxygens (including phenoxy) is 1. The number of nitrogens with one attached hydrogen (secondary N) is 1. The Balaban J connectivity index is 1.91. The van der Waals surface area contributed by atoms with Crippen LogP contribution in [0.25, 0.3) is 0 Å². The normalized spacial score (nSPS) is 18.4. The fraction of sp³-hybridized carbons (Fsp3) is 0.615. The van der Waals surface area contributed by atoms with Crippen LogP contribution < -0.4 is 5.32 Å². The fourth-order valence-corrected chi connectivity index (χ4v) is 4.09. The highest BCUT2D eigenvalue weighted by atomic mass is 32.2. The van der Waals surface area contributed by atoms with E-state index in [9.17, 15) is 18.0 Å². The molecule has 0 aliphatic carbocycles. The molecule has 2 rings (SSSR count). The second kappa shape index (κ2) is 7.37. The van der Waals surface area contributed by atoms with Gasteiger partial charge in [0.1, 0.15) is 16.7 Å². The van der Waals surface area contributed by atoms with Crippen LogP contribution in [-0.2, 0) is 26.0 Å². The lowest BCUT2D eigenvalue weighted by Gasteiger charge is -2.29. The number of amides is 2. The van der Waals surface area contributed by atoms with Crippen LogP contribution in [0.3, 0.4) is 0 Å². The van der Waals surface area contributed by atoms with Crippen LogP contribution >= 0.6 is 11.3 Å². The van der Waals surface area contributed by atoms with Gasteiger partial charge in [-0.25, -0.2) is 13.4 Å². The van der Waals surface area contributed by atoms with Crippen LogP contribution in [0.5, 0.6) is 0 Å². The first-order valence-corrected chi connectivity index (χ1v) is 9.76. The summed E-state index contributed by atoms with van der Waals surface area (Å²) >= 11 is 1.31. The van der Waals surface area contributed by atoms with Gasteiger partial charge in [-0.05, 0) is 6.92 Å². The van der Waals surface area contributed by atoms with Crippen molar-refractivity contribution >= 4 is 33.0 Å². The third kappa shape index (κ3) is 4.72. The second-order valence-electron chi connectivity index (χ2n) is 5.23. The largest absolute Gasteiger partial charge is 0.378 e. The summed E-state index contributed by atoms with van der Waals surface area (Å²) in [5.74, 6) is -0.799. The highest BCUT2D eigenvalue weighted by Gasteiger charge is 2.28. The zero-order valence-electron chi connectivity index (χ0n) is 12.9. The summed E-state index contributed by atoms with van der Waals surface area (Å²) in [6.45, 7) is 2.23. The van der Waals surface area contributed by atoms with E-state index in [1.54, 1.807) is 19.4 Å². The van der Waals surface area contributed by atoms with Gasteiger partial charge in [-0.1, -0.05) is 0 Å². The quantitative estimate of drug-likeness (QED) is 0.769. The minimum Gasteiger partial charge on any atom is -0.378 e. The van der Waals surface area contributed by atoms with Crippen molar-refractivity contribution in [2.45, 2.75) is 19.6 Å². The third-order valence-electron chi connectivity index (χ3n) is 3.43. The molecular weight excluding hydrogens is 342 g/mol. The highest BCUT2D eigenvalue weighted by molar-refractivity contribution is 7.91. The standard InChI is InChI=1S/C13H19N3O5S2/c1-9(13(18)16-3-5-23(19,20)6-4-16)14-12(17)10-8-22-11(15-10)7-21-2/h8-9H,3-7H2,1-2H3,(H,14,17). The van der Waals surface area contributed by atoms with Crippen LogP contribution in [0, 0.1) is 0 Å². The molecule has 0 radical (unpaired) electrons. The van der Waals surface area contributed by atoms with Crippen LogP contribution in [0.1, 0.15) is 22.4 Å². The first-order valence-electron chi connectivity index (χ1n) is 7.06. The number of rotatable bonds is 5. The summed E-state index contributed by atoms with van der Waals surface area (Å²) in [6.07, 6.45) is 0. The van der Waals surface area contributed by atoms with E-state index in [0.29, 0.717) is 11.6 Å². The topological polar surface area (TPSA) is 106 Å². The SMILES string of the molecule is COCc1nc(C(=O)NC(C)C(=O)N2CCS(=O)(=O)CC2)cs1. The number of methoxy groups -OCH3 is 1. The van der Waals surface area contributed by atoms with E-state index in [-0.39, 0.29) is 36.2 Å². The molecule has 1 unspecified atom stereocenters. The summed E-state index contributed by atoms with van der Waals surface area (Å²) in [5.41, 5.74) is 0.239. The van der Waals surface area contributed by atoms with Crippen molar-refractivity contribution in [3.8, 4) is 0 Å². The molecule has 1 aromatic heterocycles. The predicted octanol–water partition coefficient (Wildman–Crippen LogP) is -0.335. The maximum Gasteiger partial charge on any atom is 0.271 e. The van der Waals surface area contributed by atoms with Gasteiger partial charge in [0, 0.05) is 25.6 Å². The Kier molecular flexibility index (Phi) is 5.71. The maximum absolute atomic E-state index is 12.3. The lowest BCUT2D eigenvalue weighted by molar-refractivity contribution is -0.132. The van der Waals surface area contributed by atoms with E-state index < -0.39 is 21.8 Å². The van der Waals surface area contributed by atoms with Crippen molar-refractivity contribution in [1.29, 1.82) is 0 Å². The van der Waals surface area contributed by atoms with Crippen molar-refractivity contribution < 1.29 is 22.7 Å². The zero-order valence-corrected chi connectivity index (χ0v) is 14.6. The third-order valence-corrected chi connectivity index (χ3v) is 5.86. The Labute approximate surface area is 138 Å². The molecule has 2 amide bonds. The molecule has 128 valence electrons. The summed E-state index contributed by atoms with van der Waals surface area (Å²) in [6, 6.07) is -0.740. The van der Waals surface area contributed by atoms with Gasteiger partial charge in [0.25, 0.3) is 5.91 Å². The first kappa shape index (κ1) is 17.8. The van der Waals surface area contributed by atoms with Gasteiger partial charge < -0.3 is 15.0 Å². The molecule has 0 spiro atoms. The van der Waals surface area contributed by atoms with Crippen molar-refractivity contribution in [3.05, 3.63) is 16.1 Å². The van der Waals surface area contributed by atoms with Crippen LogP contribution in [0.2, 0.25) is 0 Å². The fourth-order valence-electron chi connectivity index (χ4n) is 2.14. The highest BCUT2D eigenvalue weighted by Crippen LogP contribution is 2.11. The minimum atomic E-state index is -3.05. The van der Waals surface area contributed by atoms with Crippen molar-refractivity contribution in [3.63, 3.8) is 0 Å². The molecule has 1 saturated heterocycles. The van der Waals surface area contributed by atoms with Crippen LogP contribution in [0.4, 0.5) is 0 Å². The zero-order chi connectivity index (χ0) is 17.0. The molecule has 0 bridgehead atoms. The second-order valence-corrected chi connectivity index (χ2v) is 8.48. The van der Waals surface area contributed by atoms with Crippen LogP contribution in [-0.4, -0.2) is 67.9 Å². The van der Waals surface area contributed by atoms with Crippen molar-refractivity contribution in [2.75, 3.05) is 31.7 Å². The van der Waals surface area contributed by atoms with E-state index in [0.717, 1.165) is 0 Å². The molecule has 1 aromatic rings. The average molecular weight is 361 g/mol. The number of thiazole rings is 1. The lowest BCUT2D eigenvalue weighted by Crippen LogP contribution is -2.51. The smallest absolute Gasteiger partial charge is 0.271 e. The van der Waals surface area contributed by atoms with Gasteiger partial charge >= 0.3 is 0 Å². The van der Waals surface area contributed by atoms with Gasteiger partial charge in [-0.3, -0.25) is 9.59 Å². The molecule has 1 fully saturated rings. The molecule has 1 aliphatic rings. The number of hydrogen-bond donors (Lipinski definition) is 1. The number of aromatic nitrogens is 1. The summed E-state index contributed by atoms with van der Waals surface area (Å²) < 4.78 is 27.7. The molecule has 10 heteroatoms. The molecule has 1 aliphatic heterocycles. The summed E-state index contributed by atoms with van der Waals surface area (Å²) in [4.78, 5) is 29.9. The van der Waals surface area contributed by atoms with E-state index in [4.69, 9.17) is 4.74 Å². The number of hydrogen-bond acceptors (Lipinski definition) is 7. The van der Waals surface area contributed by atoms with Crippen molar-refractivity contribution in [2.24, 2.45) is 0 Å². The van der Waals surface area contributed by atoms with Crippen LogP contribution in [0.15, 0.2) is 5.38 Å². The lowest BCUT2D eigenvalue weighted by atomic mass is 10.2. The molecule has 8 nitrogen and oxygen atoms in total. The monoisotopic (exact) mass is 361 g/mol. The Morgan fingerprint density at radius 1 is 1.43 bits per heavy atom. The van der Waals surface area contributed by atoms with E-state index in [1.165, 1.54) is 16.2 Å². The first-order chi connectivity index (χ1) is 10.8. The molecular formula is C13H19N3O5S2. The molecule has 1 N–H and O–H groups in total. The Morgan fingerprint density at radius 2 is 2.09 bits per heavy atom. The van der Waals surface area contributed by atoms with Gasteiger partial charge in [0.2, 0.25) is 5.91 Å². The number of nitrogens with zero attached hydrogens (tertiary/aromatic N) is 2. The van der Waals surface area contributed by atoms with E-state index >= 15 is 0 Å². The molecule has 0 saturated carbocycles. The van der Waals surface area contributed by atoms with Gasteiger partial charge in [-0.2, -0.15) is 0 Å². The number of carbonyl (C=O) groups excluding carboxylic acids is 2. The Hall–Kier alpha value is -1.52. The molecule has 23 heavy (non-hydrogen) atoms. The molecule has 1 atom stereocenters. The summed E-state index contributed by atoms with van der Waals surface area (Å²) in [5, 5.41) is 4.88. The van der Waals surface area contributed by atoms with E-state index in [2.05, 4.69) is 10.3 Å². The molecule has 2 heterocycles. The predicted molar refractivity (Wildman–Crippen MR) is 85.0 cm³/mol. The van der Waals surface area contributed by atoms with Gasteiger partial charge in [0.05, 0.1) is 18.1 Å². The minimum absolute atomic E-state index is 0.0358. The van der Waals surface area contributed by atoms with Gasteiger partial charge in [0.15, 0.2) is 9.84 Å². The van der Waals surface area contributed by atoms with Crippen molar-refractivity contribution in [1.82, 2.24) is 15.2 Å². The maximum atomic E-state index is 12.3. The number of carbonyl (C=O) groups is 2. The molecule has 0 aromatic carbocycles. The average Bonchev–Trinajstić information content (AvgIpc) is 2.95. The summed E-state index contributed by atoms with van der Waals surface area (Å²) in [7, 11) is -1.50. The number of sulfone groups is 1.